The molecule has 1 heterocycles. The van der Waals surface area contributed by atoms with Crippen LogP contribution in [0.15, 0.2) is 12.4 Å². The lowest BCUT2D eigenvalue weighted by atomic mass is 9.93. The van der Waals surface area contributed by atoms with E-state index in [1.807, 2.05) is 6.92 Å². The van der Waals surface area contributed by atoms with Crippen molar-refractivity contribution in [2.45, 2.75) is 34.1 Å². The van der Waals surface area contributed by atoms with Gasteiger partial charge >= 0.3 is 0 Å². The van der Waals surface area contributed by atoms with E-state index in [0.717, 1.165) is 12.1 Å². The van der Waals surface area contributed by atoms with Gasteiger partial charge in [0.2, 0.25) is 5.88 Å². The molecule has 0 bridgehead atoms. The third-order valence-electron chi connectivity index (χ3n) is 1.86. The largest absolute Gasteiger partial charge is 0.477 e. The van der Waals surface area contributed by atoms with E-state index < -0.39 is 0 Å². The van der Waals surface area contributed by atoms with E-state index in [2.05, 4.69) is 30.7 Å². The van der Waals surface area contributed by atoms with Gasteiger partial charge in [-0.2, -0.15) is 0 Å². The zero-order chi connectivity index (χ0) is 10.6. The average molecular weight is 194 g/mol. The van der Waals surface area contributed by atoms with Crippen LogP contribution < -0.4 is 4.74 Å². The van der Waals surface area contributed by atoms with Crippen molar-refractivity contribution >= 4 is 0 Å². The Bertz CT molecular complexity index is 274. The molecule has 0 saturated carbocycles. The van der Waals surface area contributed by atoms with Gasteiger partial charge in [0.15, 0.2) is 0 Å². The van der Waals surface area contributed by atoms with E-state index in [4.69, 9.17) is 4.74 Å². The van der Waals surface area contributed by atoms with Crippen LogP contribution in [0.1, 0.15) is 32.9 Å². The Morgan fingerprint density at radius 3 is 2.43 bits per heavy atom. The second-order valence-corrected chi connectivity index (χ2v) is 4.66. The first-order chi connectivity index (χ1) is 6.47. The maximum atomic E-state index is 5.46. The van der Waals surface area contributed by atoms with Crippen LogP contribution in [0.25, 0.3) is 0 Å². The van der Waals surface area contributed by atoms with Crippen LogP contribution in [0.5, 0.6) is 5.88 Å². The molecule has 3 heteroatoms. The zero-order valence-electron chi connectivity index (χ0n) is 9.37. The lowest BCUT2D eigenvalue weighted by Crippen LogP contribution is -2.11. The third kappa shape index (κ3) is 4.21. The summed E-state index contributed by atoms with van der Waals surface area (Å²) in [6.07, 6.45) is 4.40. The highest BCUT2D eigenvalue weighted by Gasteiger charge is 2.09. The van der Waals surface area contributed by atoms with Gasteiger partial charge in [-0.25, -0.2) is 4.98 Å². The summed E-state index contributed by atoms with van der Waals surface area (Å²) in [6, 6.07) is 0. The maximum Gasteiger partial charge on any atom is 0.232 e. The quantitative estimate of drug-likeness (QED) is 0.741. The number of aromatic nitrogens is 2. The number of hydrogen-bond donors (Lipinski definition) is 0. The second kappa shape index (κ2) is 4.40. The molecule has 0 unspecified atom stereocenters. The van der Waals surface area contributed by atoms with Crippen LogP contribution in [0, 0.1) is 12.3 Å². The number of ether oxygens (including phenoxy) is 1. The topological polar surface area (TPSA) is 35.0 Å². The van der Waals surface area contributed by atoms with Crippen molar-refractivity contribution < 1.29 is 4.74 Å². The van der Waals surface area contributed by atoms with Crippen molar-refractivity contribution in [2.75, 3.05) is 6.61 Å². The molecule has 0 aliphatic heterocycles. The summed E-state index contributed by atoms with van der Waals surface area (Å²) in [5.74, 6) is 0.611. The molecule has 0 aliphatic rings. The van der Waals surface area contributed by atoms with Crippen molar-refractivity contribution in [3.8, 4) is 5.88 Å². The molecule has 1 aromatic rings. The van der Waals surface area contributed by atoms with Crippen molar-refractivity contribution in [3.05, 3.63) is 18.1 Å². The molecule has 0 N–H and O–H groups in total. The number of hydrogen-bond acceptors (Lipinski definition) is 3. The van der Waals surface area contributed by atoms with Gasteiger partial charge in [-0.3, -0.25) is 4.98 Å². The van der Waals surface area contributed by atoms with Gasteiger partial charge in [0.25, 0.3) is 0 Å². The Hall–Kier alpha value is -1.12. The van der Waals surface area contributed by atoms with Gasteiger partial charge in [0.05, 0.1) is 24.7 Å². The Labute approximate surface area is 85.5 Å². The molecule has 0 spiro atoms. The van der Waals surface area contributed by atoms with Crippen molar-refractivity contribution in [3.63, 3.8) is 0 Å². The lowest BCUT2D eigenvalue weighted by molar-refractivity contribution is 0.235. The van der Waals surface area contributed by atoms with Crippen LogP contribution in [0.2, 0.25) is 0 Å². The minimum Gasteiger partial charge on any atom is -0.477 e. The molecular weight excluding hydrogens is 176 g/mol. The van der Waals surface area contributed by atoms with Crippen molar-refractivity contribution in [1.29, 1.82) is 0 Å². The summed E-state index contributed by atoms with van der Waals surface area (Å²) >= 11 is 0. The van der Waals surface area contributed by atoms with Crippen LogP contribution in [0.3, 0.4) is 0 Å². The van der Waals surface area contributed by atoms with E-state index in [1.54, 1.807) is 12.4 Å². The number of nitrogens with zero attached hydrogens (tertiary/aromatic N) is 2. The lowest BCUT2D eigenvalue weighted by Gasteiger charge is -2.17. The fraction of sp³-hybridized carbons (Fsp3) is 0.636. The fourth-order valence-electron chi connectivity index (χ4n) is 0.917. The summed E-state index contributed by atoms with van der Waals surface area (Å²) in [6.45, 7) is 9.18. The molecular formula is C11H18N2O. The first-order valence-electron chi connectivity index (χ1n) is 4.89. The van der Waals surface area contributed by atoms with E-state index in [-0.39, 0.29) is 0 Å². The molecule has 0 amide bonds. The normalized spacial score (nSPS) is 11.4. The fourth-order valence-corrected chi connectivity index (χ4v) is 0.917. The SMILES string of the molecule is Cc1cnc(OCCC(C)(C)C)cn1. The molecule has 1 rings (SSSR count). The van der Waals surface area contributed by atoms with Crippen LogP contribution in [0.4, 0.5) is 0 Å². The Morgan fingerprint density at radius 2 is 1.93 bits per heavy atom. The molecule has 0 aromatic carbocycles. The summed E-state index contributed by atoms with van der Waals surface area (Å²) in [7, 11) is 0. The number of aryl methyl sites for hydroxylation is 1. The molecule has 0 fully saturated rings. The number of rotatable bonds is 3. The van der Waals surface area contributed by atoms with Gasteiger partial charge in [0, 0.05) is 0 Å². The van der Waals surface area contributed by atoms with Gasteiger partial charge in [-0.05, 0) is 18.8 Å². The zero-order valence-corrected chi connectivity index (χ0v) is 9.37. The molecule has 0 saturated heterocycles. The maximum absolute atomic E-state index is 5.46. The monoisotopic (exact) mass is 194 g/mol. The van der Waals surface area contributed by atoms with Crippen molar-refractivity contribution in [2.24, 2.45) is 5.41 Å². The summed E-state index contributed by atoms with van der Waals surface area (Å²) in [5.41, 5.74) is 1.21. The summed E-state index contributed by atoms with van der Waals surface area (Å²) in [4.78, 5) is 8.22. The first-order valence-corrected chi connectivity index (χ1v) is 4.89. The highest BCUT2D eigenvalue weighted by molar-refractivity contribution is 5.05. The predicted molar refractivity (Wildman–Crippen MR) is 56.3 cm³/mol. The minimum atomic E-state index is 0.304. The third-order valence-corrected chi connectivity index (χ3v) is 1.86. The Morgan fingerprint density at radius 1 is 1.21 bits per heavy atom. The van der Waals surface area contributed by atoms with E-state index in [9.17, 15) is 0 Å². The minimum absolute atomic E-state index is 0.304. The first kappa shape index (κ1) is 11.0. The average Bonchev–Trinajstić information content (AvgIpc) is 2.06. The Kier molecular flexibility index (Phi) is 3.44. The molecule has 3 nitrogen and oxygen atoms in total. The summed E-state index contributed by atoms with van der Waals surface area (Å²) < 4.78 is 5.46. The molecule has 14 heavy (non-hydrogen) atoms. The molecule has 0 atom stereocenters. The van der Waals surface area contributed by atoms with Crippen LogP contribution >= 0.6 is 0 Å². The smallest absolute Gasteiger partial charge is 0.232 e. The Balaban J connectivity index is 2.35. The summed E-state index contributed by atoms with van der Waals surface area (Å²) in [5, 5.41) is 0. The highest BCUT2D eigenvalue weighted by atomic mass is 16.5. The van der Waals surface area contributed by atoms with Crippen molar-refractivity contribution in [1.82, 2.24) is 9.97 Å². The van der Waals surface area contributed by atoms with E-state index >= 15 is 0 Å². The molecule has 1 aromatic heterocycles. The standard InChI is InChI=1S/C11H18N2O/c1-9-7-13-10(8-12-9)14-6-5-11(2,3)4/h7-8H,5-6H2,1-4H3. The predicted octanol–water partition coefficient (Wildman–Crippen LogP) is 2.60. The van der Waals surface area contributed by atoms with Gasteiger partial charge in [-0.1, -0.05) is 20.8 Å². The van der Waals surface area contributed by atoms with E-state index in [0.29, 0.717) is 17.9 Å². The van der Waals surface area contributed by atoms with Gasteiger partial charge in [-0.15, -0.1) is 0 Å². The van der Waals surface area contributed by atoms with Crippen LogP contribution in [-0.2, 0) is 0 Å². The second-order valence-electron chi connectivity index (χ2n) is 4.66. The van der Waals surface area contributed by atoms with Crippen LogP contribution in [-0.4, -0.2) is 16.6 Å². The molecule has 0 aliphatic carbocycles. The van der Waals surface area contributed by atoms with Gasteiger partial charge in [0.1, 0.15) is 0 Å². The molecule has 78 valence electrons. The molecule has 0 radical (unpaired) electrons. The van der Waals surface area contributed by atoms with E-state index in [1.165, 1.54) is 0 Å². The van der Waals surface area contributed by atoms with Gasteiger partial charge < -0.3 is 4.74 Å². The highest BCUT2D eigenvalue weighted by Crippen LogP contribution is 2.18.